The van der Waals surface area contributed by atoms with Gasteiger partial charge in [0.05, 0.1) is 13.2 Å². The quantitative estimate of drug-likeness (QED) is 0.389. The average molecular weight is 240 g/mol. The lowest BCUT2D eigenvalue weighted by Gasteiger charge is -2.00. The van der Waals surface area contributed by atoms with Crippen molar-refractivity contribution in [2.45, 2.75) is 33.6 Å². The molecule has 4 heteroatoms. The summed E-state index contributed by atoms with van der Waals surface area (Å²) in [6, 6.07) is 0. The Morgan fingerprint density at radius 3 is 2.29 bits per heavy atom. The molecule has 0 spiro atoms. The summed E-state index contributed by atoms with van der Waals surface area (Å²) in [5.41, 5.74) is 0.594. The molecule has 0 aromatic heterocycles. The Morgan fingerprint density at radius 1 is 1.06 bits per heavy atom. The van der Waals surface area contributed by atoms with E-state index in [1.54, 1.807) is 32.9 Å². The van der Waals surface area contributed by atoms with Crippen LogP contribution < -0.4 is 0 Å². The van der Waals surface area contributed by atoms with Crippen molar-refractivity contribution < 1.29 is 19.1 Å². The second-order valence-electron chi connectivity index (χ2n) is 3.34. The first-order valence-electron chi connectivity index (χ1n) is 5.79. The molecule has 0 rings (SSSR count). The van der Waals surface area contributed by atoms with Crippen LogP contribution >= 0.6 is 0 Å². The highest BCUT2D eigenvalue weighted by atomic mass is 16.5. The highest BCUT2D eigenvalue weighted by Crippen LogP contribution is 2.02. The number of esters is 2. The molecule has 0 saturated carbocycles. The molecule has 0 aliphatic heterocycles. The summed E-state index contributed by atoms with van der Waals surface area (Å²) in [6.07, 6.45) is 6.31. The van der Waals surface area contributed by atoms with Crippen molar-refractivity contribution in [3.8, 4) is 0 Å². The van der Waals surface area contributed by atoms with E-state index in [1.165, 1.54) is 6.08 Å². The van der Waals surface area contributed by atoms with Gasteiger partial charge in [-0.25, -0.2) is 9.59 Å². The fourth-order valence-electron chi connectivity index (χ4n) is 1.09. The first-order valence-corrected chi connectivity index (χ1v) is 5.79. The zero-order valence-electron chi connectivity index (χ0n) is 10.7. The number of hydrogen-bond acceptors (Lipinski definition) is 4. The lowest BCUT2D eigenvalue weighted by Crippen LogP contribution is -2.04. The Labute approximate surface area is 102 Å². The molecule has 0 bridgehead atoms. The molecule has 96 valence electrons. The van der Waals surface area contributed by atoms with E-state index in [0.717, 1.165) is 0 Å². The fraction of sp³-hybridized carbons (Fsp3) is 0.538. The van der Waals surface area contributed by atoms with E-state index in [4.69, 9.17) is 9.47 Å². The van der Waals surface area contributed by atoms with Crippen LogP contribution in [-0.2, 0) is 19.1 Å². The van der Waals surface area contributed by atoms with Gasteiger partial charge in [0.15, 0.2) is 0 Å². The molecule has 0 amide bonds. The first kappa shape index (κ1) is 15.4. The van der Waals surface area contributed by atoms with Gasteiger partial charge in [-0.05, 0) is 33.6 Å². The number of unbranched alkanes of at least 4 members (excludes halogenated alkanes) is 1. The van der Waals surface area contributed by atoms with Crippen LogP contribution in [-0.4, -0.2) is 25.2 Å². The van der Waals surface area contributed by atoms with Gasteiger partial charge in [-0.3, -0.25) is 0 Å². The van der Waals surface area contributed by atoms with Crippen molar-refractivity contribution >= 4 is 11.9 Å². The predicted octanol–water partition coefficient (Wildman–Crippen LogP) is 2.40. The number of carbonyl (C=O) groups excluding carboxylic acids is 2. The van der Waals surface area contributed by atoms with Crippen LogP contribution in [0.2, 0.25) is 0 Å². The molecule has 17 heavy (non-hydrogen) atoms. The van der Waals surface area contributed by atoms with Gasteiger partial charge in [-0.15, -0.1) is 0 Å². The fourth-order valence-corrected chi connectivity index (χ4v) is 1.09. The van der Waals surface area contributed by atoms with Crippen molar-refractivity contribution in [1.82, 2.24) is 0 Å². The monoisotopic (exact) mass is 240 g/mol. The molecule has 0 unspecified atom stereocenters. The van der Waals surface area contributed by atoms with Crippen LogP contribution in [0, 0.1) is 0 Å². The molecule has 0 aromatic rings. The molecule has 4 nitrogen and oxygen atoms in total. The molecule has 0 radical (unpaired) electrons. The average Bonchev–Trinajstić information content (AvgIpc) is 2.29. The van der Waals surface area contributed by atoms with Crippen LogP contribution in [0.3, 0.4) is 0 Å². The Kier molecular flexibility index (Phi) is 8.74. The van der Waals surface area contributed by atoms with E-state index in [-0.39, 0.29) is 11.9 Å². The maximum Gasteiger partial charge on any atom is 0.333 e. The minimum atomic E-state index is -0.335. The van der Waals surface area contributed by atoms with Gasteiger partial charge in [0.2, 0.25) is 0 Å². The Morgan fingerprint density at radius 2 is 1.71 bits per heavy atom. The molecule has 0 saturated heterocycles. The van der Waals surface area contributed by atoms with E-state index < -0.39 is 0 Å². The number of ether oxygens (including phenoxy) is 2. The van der Waals surface area contributed by atoms with Crippen molar-refractivity contribution in [3.05, 3.63) is 23.8 Å². The first-order chi connectivity index (χ1) is 8.11. The van der Waals surface area contributed by atoms with Crippen molar-refractivity contribution in [2.75, 3.05) is 13.2 Å². The van der Waals surface area contributed by atoms with E-state index in [0.29, 0.717) is 31.6 Å². The lowest BCUT2D eigenvalue weighted by atomic mass is 10.2. The van der Waals surface area contributed by atoms with Crippen LogP contribution in [0.5, 0.6) is 0 Å². The summed E-state index contributed by atoms with van der Waals surface area (Å²) in [5.74, 6) is -0.625. The molecule has 0 heterocycles. The van der Waals surface area contributed by atoms with E-state index >= 15 is 0 Å². The SMILES string of the molecule is CCOC(=O)/C=C/CC/C=C(\C)C(=O)OCC. The summed E-state index contributed by atoms with van der Waals surface area (Å²) in [4.78, 5) is 22.2. The molecule has 0 atom stereocenters. The highest BCUT2D eigenvalue weighted by molar-refractivity contribution is 5.87. The van der Waals surface area contributed by atoms with Crippen molar-refractivity contribution in [3.63, 3.8) is 0 Å². The largest absolute Gasteiger partial charge is 0.463 e. The summed E-state index contributed by atoms with van der Waals surface area (Å²) < 4.78 is 9.56. The third-order valence-corrected chi connectivity index (χ3v) is 1.92. The van der Waals surface area contributed by atoms with Gasteiger partial charge in [0.1, 0.15) is 0 Å². The summed E-state index contributed by atoms with van der Waals surface area (Å²) in [7, 11) is 0. The maximum atomic E-state index is 11.2. The third kappa shape index (κ3) is 8.25. The number of rotatable bonds is 7. The Balaban J connectivity index is 3.86. The summed E-state index contributed by atoms with van der Waals surface area (Å²) in [6.45, 7) is 6.01. The van der Waals surface area contributed by atoms with Crippen molar-refractivity contribution in [2.24, 2.45) is 0 Å². The topological polar surface area (TPSA) is 52.6 Å². The van der Waals surface area contributed by atoms with E-state index in [1.807, 2.05) is 0 Å². The molecule has 0 aromatic carbocycles. The second kappa shape index (κ2) is 9.63. The van der Waals surface area contributed by atoms with Crippen molar-refractivity contribution in [1.29, 1.82) is 0 Å². The maximum absolute atomic E-state index is 11.2. The minimum Gasteiger partial charge on any atom is -0.463 e. The highest BCUT2D eigenvalue weighted by Gasteiger charge is 2.02. The number of hydrogen-bond donors (Lipinski definition) is 0. The third-order valence-electron chi connectivity index (χ3n) is 1.92. The van der Waals surface area contributed by atoms with E-state index in [9.17, 15) is 9.59 Å². The van der Waals surface area contributed by atoms with Gasteiger partial charge in [0.25, 0.3) is 0 Å². The Bertz CT molecular complexity index is 303. The Hall–Kier alpha value is -1.58. The predicted molar refractivity (Wildman–Crippen MR) is 65.4 cm³/mol. The second-order valence-corrected chi connectivity index (χ2v) is 3.34. The molecule has 0 aliphatic carbocycles. The van der Waals surface area contributed by atoms with Gasteiger partial charge in [-0.2, -0.15) is 0 Å². The molecular formula is C13H20O4. The minimum absolute atomic E-state index is 0.290. The van der Waals surface area contributed by atoms with Crippen LogP contribution in [0.15, 0.2) is 23.8 Å². The molecular weight excluding hydrogens is 220 g/mol. The lowest BCUT2D eigenvalue weighted by molar-refractivity contribution is -0.138. The zero-order chi connectivity index (χ0) is 13.1. The smallest absolute Gasteiger partial charge is 0.333 e. The van der Waals surface area contributed by atoms with Crippen LogP contribution in [0.1, 0.15) is 33.6 Å². The number of carbonyl (C=O) groups is 2. The normalized spacial score (nSPS) is 11.6. The molecule has 0 N–H and O–H groups in total. The van der Waals surface area contributed by atoms with Gasteiger partial charge >= 0.3 is 11.9 Å². The zero-order valence-corrected chi connectivity index (χ0v) is 10.7. The van der Waals surface area contributed by atoms with E-state index in [2.05, 4.69) is 0 Å². The standard InChI is InChI=1S/C13H20O4/c1-4-16-12(14)10-8-6-7-9-11(3)13(15)17-5-2/h8-10H,4-7H2,1-3H3/b10-8+,11-9+. The van der Waals surface area contributed by atoms with Gasteiger partial charge in [0, 0.05) is 11.6 Å². The summed E-state index contributed by atoms with van der Waals surface area (Å²) >= 11 is 0. The molecule has 0 aliphatic rings. The van der Waals surface area contributed by atoms with Gasteiger partial charge in [-0.1, -0.05) is 12.2 Å². The molecule has 0 fully saturated rings. The number of allylic oxidation sites excluding steroid dienone is 2. The van der Waals surface area contributed by atoms with Gasteiger partial charge < -0.3 is 9.47 Å². The van der Waals surface area contributed by atoms with Crippen LogP contribution in [0.25, 0.3) is 0 Å². The van der Waals surface area contributed by atoms with Crippen LogP contribution in [0.4, 0.5) is 0 Å². The summed E-state index contributed by atoms with van der Waals surface area (Å²) in [5, 5.41) is 0.